The van der Waals surface area contributed by atoms with E-state index in [4.69, 9.17) is 5.73 Å². The largest absolute Gasteiger partial charge is 0.329 e. The summed E-state index contributed by atoms with van der Waals surface area (Å²) in [6, 6.07) is 0.637. The number of thioether (sulfide) groups is 1. The van der Waals surface area contributed by atoms with Crippen LogP contribution in [0.25, 0.3) is 0 Å². The third-order valence-corrected chi connectivity index (χ3v) is 5.30. The van der Waals surface area contributed by atoms with E-state index in [0.29, 0.717) is 11.6 Å². The molecule has 2 aliphatic rings. The molecule has 0 bridgehead atoms. The van der Waals surface area contributed by atoms with E-state index in [1.165, 1.54) is 37.3 Å². The van der Waals surface area contributed by atoms with Crippen molar-refractivity contribution in [2.24, 2.45) is 11.7 Å². The third-order valence-electron chi connectivity index (χ3n) is 4.12. The molecule has 2 N–H and O–H groups in total. The lowest BCUT2D eigenvalue weighted by molar-refractivity contribution is 0.0878. The van der Waals surface area contributed by atoms with Gasteiger partial charge in [0.2, 0.25) is 0 Å². The maximum atomic E-state index is 6.00. The summed E-state index contributed by atoms with van der Waals surface area (Å²) in [5.74, 6) is 3.52. The van der Waals surface area contributed by atoms with Crippen molar-refractivity contribution < 1.29 is 0 Å². The van der Waals surface area contributed by atoms with Gasteiger partial charge in [-0.25, -0.2) is 0 Å². The van der Waals surface area contributed by atoms with Crippen LogP contribution >= 0.6 is 11.8 Å². The van der Waals surface area contributed by atoms with Crippen LogP contribution in [0.15, 0.2) is 0 Å². The summed E-state index contributed by atoms with van der Waals surface area (Å²) in [6.45, 7) is 6.86. The average Bonchev–Trinajstić information content (AvgIpc) is 2.78. The molecule has 88 valence electrons. The van der Waals surface area contributed by atoms with Crippen LogP contribution in [0.2, 0.25) is 0 Å². The van der Waals surface area contributed by atoms with E-state index >= 15 is 0 Å². The van der Waals surface area contributed by atoms with Crippen LogP contribution in [0.5, 0.6) is 0 Å². The van der Waals surface area contributed by atoms with Gasteiger partial charge in [-0.05, 0) is 57.1 Å². The van der Waals surface area contributed by atoms with Crippen molar-refractivity contribution in [1.82, 2.24) is 4.90 Å². The van der Waals surface area contributed by atoms with Crippen molar-refractivity contribution in [2.45, 2.75) is 44.7 Å². The number of hydrogen-bond donors (Lipinski definition) is 1. The highest BCUT2D eigenvalue weighted by atomic mass is 32.2. The van der Waals surface area contributed by atoms with Gasteiger partial charge in [0.05, 0.1) is 0 Å². The molecular formula is C12H24N2S. The third kappa shape index (κ3) is 2.34. The van der Waals surface area contributed by atoms with Crippen molar-refractivity contribution >= 4 is 11.8 Å². The molecule has 0 spiro atoms. The second kappa shape index (κ2) is 4.64. The summed E-state index contributed by atoms with van der Waals surface area (Å²) in [4.78, 5) is 2.68. The maximum absolute atomic E-state index is 6.00. The summed E-state index contributed by atoms with van der Waals surface area (Å²) in [5, 5.41) is 0. The Morgan fingerprint density at radius 3 is 2.80 bits per heavy atom. The number of hydrogen-bond acceptors (Lipinski definition) is 3. The molecule has 0 aromatic heterocycles. The zero-order chi connectivity index (χ0) is 10.9. The van der Waals surface area contributed by atoms with E-state index in [1.807, 2.05) is 0 Å². The molecule has 2 unspecified atom stereocenters. The van der Waals surface area contributed by atoms with Crippen LogP contribution in [0.1, 0.15) is 33.1 Å². The summed E-state index contributed by atoms with van der Waals surface area (Å²) in [5.41, 5.74) is 6.39. The minimum absolute atomic E-state index is 0.386. The Bertz CT molecular complexity index is 212. The molecule has 0 aliphatic carbocycles. The monoisotopic (exact) mass is 228 g/mol. The molecule has 3 heteroatoms. The van der Waals surface area contributed by atoms with Gasteiger partial charge in [-0.2, -0.15) is 11.8 Å². The fraction of sp³-hybridized carbons (Fsp3) is 1.00. The quantitative estimate of drug-likeness (QED) is 0.800. The summed E-state index contributed by atoms with van der Waals surface area (Å²) < 4.78 is 0. The van der Waals surface area contributed by atoms with Crippen LogP contribution in [0.3, 0.4) is 0 Å². The van der Waals surface area contributed by atoms with Crippen LogP contribution in [-0.2, 0) is 0 Å². The first kappa shape index (κ1) is 11.7. The average molecular weight is 228 g/mol. The Hall–Kier alpha value is 0.270. The fourth-order valence-corrected chi connectivity index (χ4v) is 4.50. The summed E-state index contributed by atoms with van der Waals surface area (Å²) >= 11 is 2.10. The Kier molecular flexibility index (Phi) is 3.63. The van der Waals surface area contributed by atoms with E-state index in [9.17, 15) is 0 Å². The topological polar surface area (TPSA) is 29.3 Å². The smallest absolute Gasteiger partial charge is 0.0260 e. The SMILES string of the molecule is CC1(C)CCCN1C(CN)C1CCSC1. The van der Waals surface area contributed by atoms with Gasteiger partial charge in [-0.1, -0.05) is 0 Å². The lowest BCUT2D eigenvalue weighted by Gasteiger charge is -2.40. The molecule has 0 amide bonds. The zero-order valence-corrected chi connectivity index (χ0v) is 10.9. The van der Waals surface area contributed by atoms with Crippen molar-refractivity contribution in [3.05, 3.63) is 0 Å². The van der Waals surface area contributed by atoms with Crippen molar-refractivity contribution in [3.8, 4) is 0 Å². The highest BCUT2D eigenvalue weighted by Crippen LogP contribution is 2.36. The number of rotatable bonds is 3. The summed E-state index contributed by atoms with van der Waals surface area (Å²) in [7, 11) is 0. The molecule has 15 heavy (non-hydrogen) atoms. The predicted molar refractivity (Wildman–Crippen MR) is 68.3 cm³/mol. The second-order valence-electron chi connectivity index (χ2n) is 5.54. The van der Waals surface area contributed by atoms with Crippen LogP contribution in [-0.4, -0.2) is 41.1 Å². The van der Waals surface area contributed by atoms with E-state index in [1.54, 1.807) is 0 Å². The van der Waals surface area contributed by atoms with Crippen molar-refractivity contribution in [2.75, 3.05) is 24.6 Å². The first-order valence-corrected chi connectivity index (χ1v) is 7.35. The lowest BCUT2D eigenvalue weighted by atomic mass is 9.93. The fourth-order valence-electron chi connectivity index (χ4n) is 3.17. The van der Waals surface area contributed by atoms with E-state index < -0.39 is 0 Å². The molecule has 2 nitrogen and oxygen atoms in total. The van der Waals surface area contributed by atoms with E-state index in [-0.39, 0.29) is 0 Å². The van der Waals surface area contributed by atoms with Crippen LogP contribution in [0.4, 0.5) is 0 Å². The zero-order valence-electron chi connectivity index (χ0n) is 10.0. The van der Waals surface area contributed by atoms with Crippen LogP contribution < -0.4 is 5.73 Å². The van der Waals surface area contributed by atoms with Crippen LogP contribution in [0, 0.1) is 5.92 Å². The highest BCUT2D eigenvalue weighted by molar-refractivity contribution is 7.99. The predicted octanol–water partition coefficient (Wildman–Crippen LogP) is 1.94. The Morgan fingerprint density at radius 2 is 2.33 bits per heavy atom. The van der Waals surface area contributed by atoms with Gasteiger partial charge >= 0.3 is 0 Å². The number of nitrogens with two attached hydrogens (primary N) is 1. The molecule has 2 atom stereocenters. The van der Waals surface area contributed by atoms with E-state index in [0.717, 1.165) is 12.5 Å². The van der Waals surface area contributed by atoms with Crippen molar-refractivity contribution in [1.29, 1.82) is 0 Å². The van der Waals surface area contributed by atoms with Gasteiger partial charge in [0.1, 0.15) is 0 Å². The van der Waals surface area contributed by atoms with Gasteiger partial charge in [-0.15, -0.1) is 0 Å². The minimum atomic E-state index is 0.386. The Balaban J connectivity index is 2.05. The van der Waals surface area contributed by atoms with Crippen molar-refractivity contribution in [3.63, 3.8) is 0 Å². The van der Waals surface area contributed by atoms with Gasteiger partial charge in [0.25, 0.3) is 0 Å². The molecule has 2 rings (SSSR count). The first-order chi connectivity index (χ1) is 7.15. The normalized spacial score (nSPS) is 33.4. The number of likely N-dealkylation sites (tertiary alicyclic amines) is 1. The highest BCUT2D eigenvalue weighted by Gasteiger charge is 2.39. The lowest BCUT2D eigenvalue weighted by Crippen LogP contribution is -2.52. The van der Waals surface area contributed by atoms with Gasteiger partial charge in [0.15, 0.2) is 0 Å². The maximum Gasteiger partial charge on any atom is 0.0260 e. The Labute approximate surface area is 98.0 Å². The molecule has 2 aliphatic heterocycles. The molecule has 0 radical (unpaired) electrons. The molecule has 2 saturated heterocycles. The van der Waals surface area contributed by atoms with E-state index in [2.05, 4.69) is 30.5 Å². The van der Waals surface area contributed by atoms with Gasteiger partial charge < -0.3 is 5.73 Å². The molecule has 2 fully saturated rings. The molecule has 0 saturated carbocycles. The molecule has 0 aromatic rings. The molecular weight excluding hydrogens is 204 g/mol. The standard InChI is InChI=1S/C12H24N2S/c1-12(2)5-3-6-14(12)11(8-13)10-4-7-15-9-10/h10-11H,3-9,13H2,1-2H3. The minimum Gasteiger partial charge on any atom is -0.329 e. The molecule has 2 heterocycles. The second-order valence-corrected chi connectivity index (χ2v) is 6.69. The van der Waals surface area contributed by atoms with Gasteiger partial charge in [-0.3, -0.25) is 4.90 Å². The number of nitrogens with zero attached hydrogens (tertiary/aromatic N) is 1. The van der Waals surface area contributed by atoms with Gasteiger partial charge in [0, 0.05) is 18.1 Å². The summed E-state index contributed by atoms with van der Waals surface area (Å²) in [6.07, 6.45) is 4.06. The first-order valence-electron chi connectivity index (χ1n) is 6.20. The molecule has 0 aromatic carbocycles. The Morgan fingerprint density at radius 1 is 1.53 bits per heavy atom.